The number of halogens is 2. The molecule has 62 valence electrons. The number of rotatable bonds is 1. The van der Waals surface area contributed by atoms with Crippen LogP contribution in [-0.4, -0.2) is 24.6 Å². The number of alkyl halides is 1. The molecular formula is C6H13Cl2NO. The molecule has 0 amide bonds. The minimum atomic E-state index is -0.139. The zero-order chi connectivity index (χ0) is 6.74. The SMILES string of the molecule is Cl.NC1(CCl)CCOCC1. The lowest BCUT2D eigenvalue weighted by Gasteiger charge is -2.30. The Morgan fingerprint density at radius 3 is 2.20 bits per heavy atom. The Balaban J connectivity index is 0.000000810. The molecule has 0 atom stereocenters. The first-order valence-electron chi connectivity index (χ1n) is 3.19. The molecule has 0 saturated carbocycles. The molecule has 1 aliphatic rings. The van der Waals surface area contributed by atoms with Crippen LogP contribution in [0.1, 0.15) is 12.8 Å². The van der Waals surface area contributed by atoms with Gasteiger partial charge in [-0.2, -0.15) is 0 Å². The topological polar surface area (TPSA) is 35.2 Å². The highest BCUT2D eigenvalue weighted by atomic mass is 35.5. The van der Waals surface area contributed by atoms with E-state index in [0.717, 1.165) is 26.1 Å². The van der Waals surface area contributed by atoms with Gasteiger partial charge in [0.1, 0.15) is 0 Å². The van der Waals surface area contributed by atoms with Crippen LogP contribution in [0.4, 0.5) is 0 Å². The molecule has 1 fully saturated rings. The quantitative estimate of drug-likeness (QED) is 0.623. The van der Waals surface area contributed by atoms with Crippen LogP contribution in [0, 0.1) is 0 Å². The molecular weight excluding hydrogens is 173 g/mol. The minimum absolute atomic E-state index is 0. The fraction of sp³-hybridized carbons (Fsp3) is 1.00. The lowest BCUT2D eigenvalue weighted by molar-refractivity contribution is 0.0605. The van der Waals surface area contributed by atoms with Crippen molar-refractivity contribution >= 4 is 24.0 Å². The Kier molecular flexibility index (Phi) is 4.61. The fourth-order valence-corrected chi connectivity index (χ4v) is 1.18. The predicted molar refractivity (Wildman–Crippen MR) is 44.9 cm³/mol. The second-order valence-corrected chi connectivity index (χ2v) is 2.88. The average Bonchev–Trinajstić information content (AvgIpc) is 1.90. The van der Waals surface area contributed by atoms with E-state index in [0.29, 0.717) is 5.88 Å². The number of nitrogens with two attached hydrogens (primary N) is 1. The smallest absolute Gasteiger partial charge is 0.0484 e. The average molecular weight is 186 g/mol. The van der Waals surface area contributed by atoms with Crippen LogP contribution in [0.5, 0.6) is 0 Å². The molecule has 4 heteroatoms. The summed E-state index contributed by atoms with van der Waals surface area (Å²) in [4.78, 5) is 0. The maximum absolute atomic E-state index is 5.85. The molecule has 1 saturated heterocycles. The molecule has 0 aromatic heterocycles. The largest absolute Gasteiger partial charge is 0.381 e. The summed E-state index contributed by atoms with van der Waals surface area (Å²) in [6.45, 7) is 1.53. The van der Waals surface area contributed by atoms with Crippen LogP contribution in [0.25, 0.3) is 0 Å². The highest BCUT2D eigenvalue weighted by Crippen LogP contribution is 2.18. The van der Waals surface area contributed by atoms with E-state index < -0.39 is 0 Å². The van der Waals surface area contributed by atoms with Gasteiger partial charge in [-0.3, -0.25) is 0 Å². The van der Waals surface area contributed by atoms with E-state index in [1.165, 1.54) is 0 Å². The number of ether oxygens (including phenoxy) is 1. The Labute approximate surface area is 72.5 Å². The summed E-state index contributed by atoms with van der Waals surface area (Å²) in [5, 5.41) is 0. The van der Waals surface area contributed by atoms with Gasteiger partial charge in [0.05, 0.1) is 0 Å². The maximum atomic E-state index is 5.85. The third-order valence-corrected chi connectivity index (χ3v) is 2.29. The van der Waals surface area contributed by atoms with Gasteiger partial charge >= 0.3 is 0 Å². The van der Waals surface area contributed by atoms with Crippen molar-refractivity contribution in [2.24, 2.45) is 5.73 Å². The van der Waals surface area contributed by atoms with Gasteiger partial charge in [-0.05, 0) is 12.8 Å². The molecule has 2 nitrogen and oxygen atoms in total. The van der Waals surface area contributed by atoms with Crippen LogP contribution in [0.15, 0.2) is 0 Å². The summed E-state index contributed by atoms with van der Waals surface area (Å²) in [6, 6.07) is 0. The molecule has 1 rings (SSSR count). The van der Waals surface area contributed by atoms with E-state index in [2.05, 4.69) is 0 Å². The second kappa shape index (κ2) is 4.39. The standard InChI is InChI=1S/C6H12ClNO.ClH/c7-5-6(8)1-3-9-4-2-6;/h1-5,8H2;1H. The summed E-state index contributed by atoms with van der Waals surface area (Å²) in [7, 11) is 0. The maximum Gasteiger partial charge on any atom is 0.0484 e. The van der Waals surface area contributed by atoms with Crippen LogP contribution in [0.3, 0.4) is 0 Å². The molecule has 0 spiro atoms. The van der Waals surface area contributed by atoms with E-state index in [-0.39, 0.29) is 17.9 Å². The highest BCUT2D eigenvalue weighted by molar-refractivity contribution is 6.18. The van der Waals surface area contributed by atoms with Gasteiger partial charge < -0.3 is 10.5 Å². The first-order valence-corrected chi connectivity index (χ1v) is 3.73. The van der Waals surface area contributed by atoms with Crippen molar-refractivity contribution in [1.82, 2.24) is 0 Å². The van der Waals surface area contributed by atoms with Crippen molar-refractivity contribution in [1.29, 1.82) is 0 Å². The molecule has 0 aromatic rings. The summed E-state index contributed by atoms with van der Waals surface area (Å²) < 4.78 is 5.13. The monoisotopic (exact) mass is 185 g/mol. The second-order valence-electron chi connectivity index (χ2n) is 2.61. The van der Waals surface area contributed by atoms with Crippen LogP contribution in [-0.2, 0) is 4.74 Å². The lowest BCUT2D eigenvalue weighted by atomic mass is 9.94. The molecule has 0 unspecified atom stereocenters. The van der Waals surface area contributed by atoms with Crippen LogP contribution < -0.4 is 5.73 Å². The van der Waals surface area contributed by atoms with Gasteiger partial charge in [0, 0.05) is 24.6 Å². The third kappa shape index (κ3) is 2.62. The van der Waals surface area contributed by atoms with Gasteiger partial charge in [0.25, 0.3) is 0 Å². The molecule has 0 bridgehead atoms. The first kappa shape index (κ1) is 10.5. The van der Waals surface area contributed by atoms with E-state index in [1.807, 2.05) is 0 Å². The summed E-state index contributed by atoms with van der Waals surface area (Å²) in [5.74, 6) is 0.552. The molecule has 1 heterocycles. The van der Waals surface area contributed by atoms with Crippen molar-refractivity contribution in [3.8, 4) is 0 Å². The molecule has 0 radical (unpaired) electrons. The zero-order valence-electron chi connectivity index (χ0n) is 5.81. The Morgan fingerprint density at radius 1 is 1.40 bits per heavy atom. The van der Waals surface area contributed by atoms with Crippen molar-refractivity contribution < 1.29 is 4.74 Å². The van der Waals surface area contributed by atoms with Crippen molar-refractivity contribution in [2.45, 2.75) is 18.4 Å². The third-order valence-electron chi connectivity index (χ3n) is 1.75. The normalized spacial score (nSPS) is 23.4. The Hall–Kier alpha value is 0.500. The summed E-state index contributed by atoms with van der Waals surface area (Å²) in [6.07, 6.45) is 1.80. The van der Waals surface area contributed by atoms with Gasteiger partial charge in [0.2, 0.25) is 0 Å². The van der Waals surface area contributed by atoms with Crippen LogP contribution in [0.2, 0.25) is 0 Å². The van der Waals surface area contributed by atoms with Gasteiger partial charge in [-0.25, -0.2) is 0 Å². The van der Waals surface area contributed by atoms with Crippen LogP contribution >= 0.6 is 24.0 Å². The summed E-state index contributed by atoms with van der Waals surface area (Å²) >= 11 is 5.64. The molecule has 10 heavy (non-hydrogen) atoms. The number of hydrogen-bond acceptors (Lipinski definition) is 2. The first-order chi connectivity index (χ1) is 4.27. The predicted octanol–water partition coefficient (Wildman–Crippen LogP) is 1.15. The fourth-order valence-electron chi connectivity index (χ4n) is 0.912. The lowest BCUT2D eigenvalue weighted by Crippen LogP contribution is -2.46. The van der Waals surface area contributed by atoms with Crippen molar-refractivity contribution in [3.05, 3.63) is 0 Å². The van der Waals surface area contributed by atoms with E-state index in [9.17, 15) is 0 Å². The van der Waals surface area contributed by atoms with E-state index in [4.69, 9.17) is 22.1 Å². The zero-order valence-corrected chi connectivity index (χ0v) is 7.38. The van der Waals surface area contributed by atoms with E-state index in [1.54, 1.807) is 0 Å². The Morgan fingerprint density at radius 2 is 1.90 bits per heavy atom. The molecule has 0 aliphatic carbocycles. The molecule has 0 aromatic carbocycles. The van der Waals surface area contributed by atoms with E-state index >= 15 is 0 Å². The van der Waals surface area contributed by atoms with Gasteiger partial charge in [0.15, 0.2) is 0 Å². The molecule has 1 aliphatic heterocycles. The van der Waals surface area contributed by atoms with Gasteiger partial charge in [-0.1, -0.05) is 0 Å². The van der Waals surface area contributed by atoms with Gasteiger partial charge in [-0.15, -0.1) is 24.0 Å². The van der Waals surface area contributed by atoms with Crippen molar-refractivity contribution in [3.63, 3.8) is 0 Å². The Bertz CT molecular complexity index is 93.7. The highest BCUT2D eigenvalue weighted by Gasteiger charge is 2.26. The van der Waals surface area contributed by atoms with Crippen molar-refractivity contribution in [2.75, 3.05) is 19.1 Å². The minimum Gasteiger partial charge on any atom is -0.381 e. The number of hydrogen-bond donors (Lipinski definition) is 1. The molecule has 2 N–H and O–H groups in total. The summed E-state index contributed by atoms with van der Waals surface area (Å²) in [5.41, 5.74) is 5.71.